The SMILES string of the molecule is CP(C)(CP(C)(C)=Nc1ccccc1)=Nc1ccccc1. The number of rotatable bonds is 4. The van der Waals surface area contributed by atoms with Crippen LogP contribution in [0, 0.1) is 0 Å². The van der Waals surface area contributed by atoms with Gasteiger partial charge in [0.25, 0.3) is 0 Å². The Labute approximate surface area is 128 Å². The van der Waals surface area contributed by atoms with Crippen molar-refractivity contribution in [1.82, 2.24) is 0 Å². The molecule has 0 aliphatic heterocycles. The summed E-state index contributed by atoms with van der Waals surface area (Å²) in [6.07, 6.45) is 0. The Bertz CT molecular complexity index is 618. The third kappa shape index (κ3) is 5.65. The molecule has 0 aliphatic carbocycles. The molecule has 0 heterocycles. The first kappa shape index (κ1) is 16.3. The van der Waals surface area contributed by atoms with Crippen molar-refractivity contribution >= 4 is 25.5 Å². The van der Waals surface area contributed by atoms with E-state index in [1.54, 1.807) is 0 Å². The molecule has 0 fully saturated rings. The molecule has 2 rings (SSSR count). The van der Waals surface area contributed by atoms with Crippen molar-refractivity contribution in [1.29, 1.82) is 0 Å². The van der Waals surface area contributed by atoms with Gasteiger partial charge in [-0.15, -0.1) is 0 Å². The van der Waals surface area contributed by atoms with E-state index in [1.807, 2.05) is 36.4 Å². The Morgan fingerprint density at radius 1 is 0.619 bits per heavy atom. The largest absolute Gasteiger partial charge is 0.268 e. The standard InChI is InChI=1S/C17H24N2P2/c1-20(2,18-16-11-7-5-8-12-16)15-21(3,4)19-17-13-9-6-10-14-17/h5-14H,15H2,1-4H3. The van der Waals surface area contributed by atoms with Gasteiger partial charge >= 0.3 is 0 Å². The summed E-state index contributed by atoms with van der Waals surface area (Å²) in [4.78, 5) is 0. The van der Waals surface area contributed by atoms with Crippen LogP contribution in [0.1, 0.15) is 0 Å². The Hall–Kier alpha value is -1.10. The van der Waals surface area contributed by atoms with E-state index in [2.05, 4.69) is 50.9 Å². The molecule has 112 valence electrons. The summed E-state index contributed by atoms with van der Waals surface area (Å²) >= 11 is 0. The number of hydrogen-bond acceptors (Lipinski definition) is 2. The first-order valence-corrected chi connectivity index (χ1v) is 12.7. The second-order valence-corrected chi connectivity index (χ2v) is 14.3. The maximum absolute atomic E-state index is 5.00. The molecule has 0 aromatic heterocycles. The van der Waals surface area contributed by atoms with Gasteiger partial charge in [0.05, 0.1) is 11.4 Å². The van der Waals surface area contributed by atoms with Gasteiger partial charge < -0.3 is 0 Å². The lowest BCUT2D eigenvalue weighted by Gasteiger charge is -2.22. The second kappa shape index (κ2) is 6.77. The van der Waals surface area contributed by atoms with Crippen LogP contribution < -0.4 is 0 Å². The van der Waals surface area contributed by atoms with Crippen LogP contribution in [-0.2, 0) is 0 Å². The lowest BCUT2D eigenvalue weighted by Crippen LogP contribution is -1.88. The van der Waals surface area contributed by atoms with Gasteiger partial charge in [0.15, 0.2) is 0 Å². The Morgan fingerprint density at radius 3 is 1.29 bits per heavy atom. The monoisotopic (exact) mass is 318 g/mol. The van der Waals surface area contributed by atoms with Gasteiger partial charge in [-0.1, -0.05) is 36.4 Å². The smallest absolute Gasteiger partial charge is 0.0613 e. The van der Waals surface area contributed by atoms with Crippen molar-refractivity contribution in [3.05, 3.63) is 60.7 Å². The van der Waals surface area contributed by atoms with Crippen molar-refractivity contribution in [3.63, 3.8) is 0 Å². The maximum Gasteiger partial charge on any atom is 0.0613 e. The van der Waals surface area contributed by atoms with E-state index in [-0.39, 0.29) is 0 Å². The van der Waals surface area contributed by atoms with Crippen molar-refractivity contribution in [2.45, 2.75) is 0 Å². The predicted octanol–water partition coefficient (Wildman–Crippen LogP) is 6.53. The molecular weight excluding hydrogens is 294 g/mol. The second-order valence-electron chi connectivity index (χ2n) is 6.25. The van der Waals surface area contributed by atoms with E-state index in [9.17, 15) is 0 Å². The van der Waals surface area contributed by atoms with Crippen molar-refractivity contribution < 1.29 is 0 Å². The first-order chi connectivity index (χ1) is 9.86. The van der Waals surface area contributed by atoms with Gasteiger partial charge in [-0.05, 0) is 65.0 Å². The summed E-state index contributed by atoms with van der Waals surface area (Å²) in [6.45, 7) is 9.23. The minimum Gasteiger partial charge on any atom is -0.268 e. The third-order valence-electron chi connectivity index (χ3n) is 2.98. The van der Waals surface area contributed by atoms with Gasteiger partial charge in [-0.2, -0.15) is 0 Å². The molecule has 0 aliphatic rings. The highest BCUT2D eigenvalue weighted by Gasteiger charge is 2.15. The van der Waals surface area contributed by atoms with Crippen LogP contribution >= 0.6 is 14.1 Å². The number of benzene rings is 2. The molecular formula is C17H24N2P2. The van der Waals surface area contributed by atoms with Crippen LogP contribution in [0.4, 0.5) is 11.4 Å². The van der Waals surface area contributed by atoms with Gasteiger partial charge in [-0.25, -0.2) is 0 Å². The van der Waals surface area contributed by atoms with E-state index < -0.39 is 14.1 Å². The summed E-state index contributed by atoms with van der Waals surface area (Å²) in [5.74, 6) is 1.11. The van der Waals surface area contributed by atoms with E-state index >= 15 is 0 Å². The van der Waals surface area contributed by atoms with Crippen LogP contribution in [0.5, 0.6) is 0 Å². The predicted molar refractivity (Wildman–Crippen MR) is 99.5 cm³/mol. The maximum atomic E-state index is 5.00. The molecule has 2 aromatic rings. The van der Waals surface area contributed by atoms with Gasteiger partial charge in [0.2, 0.25) is 0 Å². The molecule has 0 N–H and O–H groups in total. The molecule has 0 amide bonds. The highest BCUT2D eigenvalue weighted by Crippen LogP contribution is 2.59. The summed E-state index contributed by atoms with van der Waals surface area (Å²) in [6, 6.07) is 20.6. The molecule has 4 heteroatoms. The first-order valence-electron chi connectivity index (χ1n) is 7.09. The van der Waals surface area contributed by atoms with Crippen molar-refractivity contribution in [2.24, 2.45) is 9.49 Å². The quantitative estimate of drug-likeness (QED) is 0.573. The molecule has 0 bridgehead atoms. The highest BCUT2D eigenvalue weighted by atomic mass is 31.2. The Morgan fingerprint density at radius 2 is 0.952 bits per heavy atom. The fourth-order valence-electron chi connectivity index (χ4n) is 2.52. The van der Waals surface area contributed by atoms with Crippen LogP contribution in [0.2, 0.25) is 0 Å². The average Bonchev–Trinajstić information content (AvgIpc) is 2.38. The molecule has 0 radical (unpaired) electrons. The molecule has 0 saturated heterocycles. The molecule has 2 aromatic carbocycles. The molecule has 21 heavy (non-hydrogen) atoms. The van der Waals surface area contributed by atoms with Gasteiger partial charge in [0, 0.05) is 5.90 Å². The molecule has 2 nitrogen and oxygen atoms in total. The molecule has 0 saturated carbocycles. The van der Waals surface area contributed by atoms with E-state index in [0.717, 1.165) is 17.3 Å². The fraction of sp³-hybridized carbons (Fsp3) is 0.294. The van der Waals surface area contributed by atoms with Crippen LogP contribution in [0.25, 0.3) is 0 Å². The highest BCUT2D eigenvalue weighted by molar-refractivity contribution is 7.81. The van der Waals surface area contributed by atoms with Gasteiger partial charge in [0.1, 0.15) is 0 Å². The average molecular weight is 318 g/mol. The molecule has 0 unspecified atom stereocenters. The van der Waals surface area contributed by atoms with Crippen LogP contribution in [0.15, 0.2) is 70.2 Å². The summed E-state index contributed by atoms with van der Waals surface area (Å²) in [7, 11) is -2.68. The zero-order valence-electron chi connectivity index (χ0n) is 13.3. The van der Waals surface area contributed by atoms with E-state index in [0.29, 0.717) is 0 Å². The summed E-state index contributed by atoms with van der Waals surface area (Å²) < 4.78 is 9.99. The number of hydrogen-bond donors (Lipinski definition) is 0. The lowest BCUT2D eigenvalue weighted by atomic mass is 10.3. The van der Waals surface area contributed by atoms with Gasteiger partial charge in [-0.3, -0.25) is 9.49 Å². The summed E-state index contributed by atoms with van der Waals surface area (Å²) in [5.41, 5.74) is 2.19. The zero-order valence-corrected chi connectivity index (χ0v) is 15.1. The van der Waals surface area contributed by atoms with Crippen LogP contribution in [-0.4, -0.2) is 32.6 Å². The minimum atomic E-state index is -1.34. The Kier molecular flexibility index (Phi) is 5.25. The Balaban J connectivity index is 2.27. The van der Waals surface area contributed by atoms with Crippen molar-refractivity contribution in [3.8, 4) is 0 Å². The minimum absolute atomic E-state index is 1.09. The summed E-state index contributed by atoms with van der Waals surface area (Å²) in [5, 5.41) is 0. The van der Waals surface area contributed by atoms with Crippen LogP contribution in [0.3, 0.4) is 0 Å². The van der Waals surface area contributed by atoms with E-state index in [1.165, 1.54) is 0 Å². The van der Waals surface area contributed by atoms with E-state index in [4.69, 9.17) is 9.49 Å². The lowest BCUT2D eigenvalue weighted by molar-refractivity contribution is 1.52. The fourth-order valence-corrected chi connectivity index (χ4v) is 11.3. The zero-order chi connectivity index (χ0) is 15.3. The topological polar surface area (TPSA) is 24.7 Å². The molecule has 0 spiro atoms. The third-order valence-corrected chi connectivity index (χ3v) is 10.1. The number of nitrogens with zero attached hydrogens (tertiary/aromatic N) is 2. The normalized spacial score (nSPS) is 12.0. The molecule has 0 atom stereocenters. The van der Waals surface area contributed by atoms with Crippen molar-refractivity contribution in [2.75, 3.05) is 32.6 Å².